The first-order valence-electron chi connectivity index (χ1n) is 20.4. The Labute approximate surface area is 340 Å². The van der Waals surface area contributed by atoms with Crippen molar-refractivity contribution in [3.63, 3.8) is 0 Å². The number of rotatable bonds is 6. The van der Waals surface area contributed by atoms with Crippen LogP contribution < -0.4 is 4.90 Å². The number of para-hydroxylation sites is 1. The van der Waals surface area contributed by atoms with E-state index in [2.05, 4.69) is 183 Å². The predicted molar refractivity (Wildman–Crippen MR) is 238 cm³/mol. The zero-order valence-corrected chi connectivity index (χ0v) is 32.7. The highest BCUT2D eigenvalue weighted by molar-refractivity contribution is 5.95. The Kier molecular flexibility index (Phi) is 7.91. The van der Waals surface area contributed by atoms with Gasteiger partial charge in [-0.05, 0) is 96.0 Å². The minimum absolute atomic E-state index is 0.186. The lowest BCUT2D eigenvalue weighted by atomic mass is 9.67. The Bertz CT molecular complexity index is 2850. The molecular weight excluding hydrogens is 705 g/mol. The molecule has 0 bridgehead atoms. The van der Waals surface area contributed by atoms with Gasteiger partial charge in [0, 0.05) is 39.4 Å². The summed E-state index contributed by atoms with van der Waals surface area (Å²) < 4.78 is 0. The predicted octanol–water partition coefficient (Wildman–Crippen LogP) is 13.1. The van der Waals surface area contributed by atoms with Crippen LogP contribution in [0.2, 0.25) is 0 Å². The van der Waals surface area contributed by atoms with Crippen LogP contribution in [-0.4, -0.2) is 20.5 Å². The van der Waals surface area contributed by atoms with Crippen molar-refractivity contribution in [2.45, 2.75) is 43.6 Å². The van der Waals surface area contributed by atoms with Crippen molar-refractivity contribution in [1.82, 2.24) is 15.0 Å². The molecule has 2 heterocycles. The largest absolute Gasteiger partial charge is 0.331 e. The molecule has 0 amide bonds. The summed E-state index contributed by atoms with van der Waals surface area (Å²) in [6.07, 6.45) is 14.3. The monoisotopic (exact) mass is 746 g/mol. The Balaban J connectivity index is 1.00. The number of benzene rings is 6. The number of hydrogen-bond acceptors (Lipinski definition) is 4. The van der Waals surface area contributed by atoms with Crippen LogP contribution in [0.25, 0.3) is 50.9 Å². The minimum Gasteiger partial charge on any atom is -0.331 e. The van der Waals surface area contributed by atoms with Crippen LogP contribution in [0, 0.1) is 0 Å². The van der Waals surface area contributed by atoms with Crippen LogP contribution in [-0.2, 0) is 5.41 Å². The Hall–Kier alpha value is -6.91. The number of anilines is 2. The van der Waals surface area contributed by atoms with Crippen molar-refractivity contribution in [2.24, 2.45) is 0 Å². The number of allylic oxidation sites excluding steroid dienone is 6. The summed E-state index contributed by atoms with van der Waals surface area (Å²) in [6.45, 7) is 4.89. The van der Waals surface area contributed by atoms with E-state index in [4.69, 9.17) is 15.0 Å². The third-order valence-electron chi connectivity index (χ3n) is 12.9. The molecule has 3 aliphatic carbocycles. The molecule has 0 saturated carbocycles. The second kappa shape index (κ2) is 13.3. The van der Waals surface area contributed by atoms with Crippen LogP contribution in [0.5, 0.6) is 0 Å². The molecule has 4 nitrogen and oxygen atoms in total. The third kappa shape index (κ3) is 5.32. The first-order chi connectivity index (χ1) is 28.5. The second-order valence-electron chi connectivity index (χ2n) is 16.2. The summed E-state index contributed by atoms with van der Waals surface area (Å²) in [5.74, 6) is 2.14. The van der Waals surface area contributed by atoms with E-state index in [-0.39, 0.29) is 16.9 Å². The maximum atomic E-state index is 5.10. The van der Waals surface area contributed by atoms with Gasteiger partial charge in [0.05, 0.1) is 5.54 Å². The fraction of sp³-hybridized carbons (Fsp3) is 0.130. The lowest BCUT2D eigenvalue weighted by Gasteiger charge is -2.43. The molecule has 6 aromatic carbocycles. The third-order valence-corrected chi connectivity index (χ3v) is 12.9. The van der Waals surface area contributed by atoms with Crippen molar-refractivity contribution in [3.05, 3.63) is 216 Å². The van der Waals surface area contributed by atoms with E-state index in [1.54, 1.807) is 0 Å². The van der Waals surface area contributed by atoms with E-state index in [0.717, 1.165) is 40.8 Å². The van der Waals surface area contributed by atoms with Gasteiger partial charge in [-0.15, -0.1) is 0 Å². The second-order valence-corrected chi connectivity index (χ2v) is 16.2. The molecule has 0 radical (unpaired) electrons. The van der Waals surface area contributed by atoms with Crippen molar-refractivity contribution >= 4 is 16.9 Å². The zero-order chi connectivity index (χ0) is 38.8. The number of nitrogens with zero attached hydrogens (tertiary/aromatic N) is 4. The fourth-order valence-electron chi connectivity index (χ4n) is 9.99. The molecule has 0 saturated heterocycles. The smallest absolute Gasteiger partial charge is 0.164 e. The van der Waals surface area contributed by atoms with Gasteiger partial charge in [-0.3, -0.25) is 0 Å². The van der Waals surface area contributed by atoms with E-state index in [1.165, 1.54) is 44.7 Å². The molecule has 7 aromatic rings. The van der Waals surface area contributed by atoms with E-state index in [9.17, 15) is 0 Å². The fourth-order valence-corrected chi connectivity index (χ4v) is 9.99. The van der Waals surface area contributed by atoms with E-state index < -0.39 is 0 Å². The van der Waals surface area contributed by atoms with E-state index in [1.807, 2.05) is 24.3 Å². The number of fused-ring (bicyclic) bond motifs is 6. The number of hydrogen-bond donors (Lipinski definition) is 0. The molecule has 4 aliphatic rings. The first kappa shape index (κ1) is 34.3. The molecular formula is C54H42N4. The summed E-state index contributed by atoms with van der Waals surface area (Å²) in [5, 5.41) is 0. The van der Waals surface area contributed by atoms with Crippen molar-refractivity contribution < 1.29 is 0 Å². The standard InChI is InChI=1S/C54H42N4/c1-53-35-48-45(43-22-12-14-24-46(43)54(48,2)41-20-10-5-11-21-41)34-47(53)44-23-13-15-25-49(44)58(53)42-32-30-40(31-33-42)52-56-50(38-18-8-4-9-19-38)55-51(57-52)39-28-26-37(27-29-39)36-16-6-3-7-17-36/h3-10,12-20,22-35,47H,11,21H2,1-2H3. The van der Waals surface area contributed by atoms with Gasteiger partial charge in [0.25, 0.3) is 0 Å². The van der Waals surface area contributed by atoms with Gasteiger partial charge in [0.15, 0.2) is 17.5 Å². The highest BCUT2D eigenvalue weighted by atomic mass is 15.2. The number of aromatic nitrogens is 3. The van der Waals surface area contributed by atoms with Crippen molar-refractivity contribution in [1.29, 1.82) is 0 Å². The van der Waals surface area contributed by atoms with Crippen LogP contribution in [0.15, 0.2) is 199 Å². The molecule has 4 heteroatoms. The molecule has 0 fully saturated rings. The van der Waals surface area contributed by atoms with Gasteiger partial charge in [-0.2, -0.15) is 0 Å². The minimum atomic E-state index is -0.328. The first-order valence-corrected chi connectivity index (χ1v) is 20.4. The highest BCUT2D eigenvalue weighted by Gasteiger charge is 2.54. The van der Waals surface area contributed by atoms with Crippen LogP contribution in [0.4, 0.5) is 11.4 Å². The molecule has 3 unspecified atom stereocenters. The van der Waals surface area contributed by atoms with Crippen molar-refractivity contribution in [2.75, 3.05) is 4.90 Å². The molecule has 1 aliphatic heterocycles. The molecule has 1 aromatic heterocycles. The molecule has 11 rings (SSSR count). The molecule has 278 valence electrons. The van der Waals surface area contributed by atoms with Gasteiger partial charge < -0.3 is 4.90 Å². The average Bonchev–Trinajstić information content (AvgIpc) is 3.70. The Morgan fingerprint density at radius 1 is 0.569 bits per heavy atom. The van der Waals surface area contributed by atoms with Gasteiger partial charge in [-0.25, -0.2) is 15.0 Å². The topological polar surface area (TPSA) is 41.9 Å². The zero-order valence-electron chi connectivity index (χ0n) is 32.7. The van der Waals surface area contributed by atoms with Gasteiger partial charge in [-0.1, -0.05) is 163 Å². The summed E-state index contributed by atoms with van der Waals surface area (Å²) in [4.78, 5) is 17.7. The molecule has 58 heavy (non-hydrogen) atoms. The normalized spacial score (nSPS) is 21.3. The Morgan fingerprint density at radius 3 is 1.79 bits per heavy atom. The Morgan fingerprint density at radius 2 is 1.12 bits per heavy atom. The van der Waals surface area contributed by atoms with Gasteiger partial charge in [0.2, 0.25) is 0 Å². The quantitative estimate of drug-likeness (QED) is 0.170. The van der Waals surface area contributed by atoms with Crippen molar-refractivity contribution in [3.8, 4) is 45.3 Å². The van der Waals surface area contributed by atoms with Gasteiger partial charge >= 0.3 is 0 Å². The van der Waals surface area contributed by atoms with Crippen LogP contribution in [0.1, 0.15) is 49.3 Å². The summed E-state index contributed by atoms with van der Waals surface area (Å²) >= 11 is 0. The van der Waals surface area contributed by atoms with Gasteiger partial charge in [0.1, 0.15) is 0 Å². The highest BCUT2D eigenvalue weighted by Crippen LogP contribution is 2.63. The maximum Gasteiger partial charge on any atom is 0.164 e. The summed E-state index contributed by atoms with van der Waals surface area (Å²) in [5.41, 5.74) is 15.5. The van der Waals surface area contributed by atoms with Crippen LogP contribution >= 0.6 is 0 Å². The summed E-state index contributed by atoms with van der Waals surface area (Å²) in [6, 6.07) is 56.0. The molecule has 0 spiro atoms. The summed E-state index contributed by atoms with van der Waals surface area (Å²) in [7, 11) is 0. The average molecular weight is 747 g/mol. The lowest BCUT2D eigenvalue weighted by Crippen LogP contribution is -2.44. The van der Waals surface area contributed by atoms with E-state index >= 15 is 0 Å². The maximum absolute atomic E-state index is 5.10. The molecule has 0 N–H and O–H groups in total. The van der Waals surface area contributed by atoms with Crippen LogP contribution in [0.3, 0.4) is 0 Å². The lowest BCUT2D eigenvalue weighted by molar-refractivity contribution is 0.527. The molecule has 3 atom stereocenters. The van der Waals surface area contributed by atoms with E-state index in [0.29, 0.717) is 17.5 Å². The SMILES string of the molecule is CC1(C2=CC=CCC2)C2=CC3(C)C(C=C2c2ccccc21)c1ccccc1N3c1ccc(-c2nc(-c3ccccc3)nc(-c3ccc(-c4ccccc4)cc3)n2)cc1.